The molecule has 74 valence electrons. The minimum atomic E-state index is -2.10. The van der Waals surface area contributed by atoms with Crippen molar-refractivity contribution in [1.82, 2.24) is 0 Å². The van der Waals surface area contributed by atoms with Gasteiger partial charge in [0.15, 0.2) is 0 Å². The summed E-state index contributed by atoms with van der Waals surface area (Å²) >= 11 is 0. The lowest BCUT2D eigenvalue weighted by molar-refractivity contribution is 0.482. The van der Waals surface area contributed by atoms with Crippen LogP contribution in [0, 0.1) is 34.5 Å². The first kappa shape index (κ1) is 12.3. The average Bonchev–Trinajstić information content (AvgIpc) is 2.00. The maximum atomic E-state index is 13.3. The average molecular weight is 202 g/mol. The van der Waals surface area contributed by atoms with Gasteiger partial charge in [-0.3, -0.25) is 0 Å². The lowest BCUT2D eigenvalue weighted by Gasteiger charge is -2.26. The summed E-state index contributed by atoms with van der Waals surface area (Å²) < 4.78 is 13.3. The van der Waals surface area contributed by atoms with Crippen molar-refractivity contribution in [3.8, 4) is 12.1 Å². The van der Waals surface area contributed by atoms with E-state index in [1.807, 2.05) is 6.07 Å². The highest BCUT2D eigenvalue weighted by molar-refractivity contribution is 8.28. The fraction of sp³-hybridized carbons (Fsp3) is 0.778. The molecule has 0 fully saturated rings. The second-order valence-electron chi connectivity index (χ2n) is 3.61. The Kier molecular flexibility index (Phi) is 4.80. The summed E-state index contributed by atoms with van der Waals surface area (Å²) in [6.45, 7) is 1.74. The molecule has 0 aromatic heterocycles. The van der Waals surface area contributed by atoms with Gasteiger partial charge in [-0.05, 0) is 25.4 Å². The minimum absolute atomic E-state index is 0.120. The van der Waals surface area contributed by atoms with E-state index >= 15 is 0 Å². The molecule has 2 unspecified atom stereocenters. The smallest absolute Gasteiger partial charge is 0.0656 e. The molecule has 0 saturated carbocycles. The summed E-state index contributed by atoms with van der Waals surface area (Å²) in [6.07, 6.45) is 3.39. The predicted octanol–water partition coefficient (Wildman–Crippen LogP) is 2.62. The fourth-order valence-electron chi connectivity index (χ4n) is 1.11. The van der Waals surface area contributed by atoms with Gasteiger partial charge in [-0.2, -0.15) is 14.4 Å². The third-order valence-electron chi connectivity index (χ3n) is 1.87. The lowest BCUT2D eigenvalue weighted by atomic mass is 9.95. The molecule has 2 atom stereocenters. The highest BCUT2D eigenvalue weighted by Gasteiger charge is 2.23. The van der Waals surface area contributed by atoms with E-state index in [-0.39, 0.29) is 18.3 Å². The van der Waals surface area contributed by atoms with Crippen LogP contribution in [0.15, 0.2) is 0 Å². The van der Waals surface area contributed by atoms with Crippen LogP contribution in [-0.2, 0) is 0 Å². The van der Waals surface area contributed by atoms with Crippen LogP contribution < -0.4 is 0 Å². The maximum Gasteiger partial charge on any atom is 0.0656 e. The van der Waals surface area contributed by atoms with Crippen molar-refractivity contribution in [2.45, 2.75) is 13.3 Å². The molecular weight excluding hydrogens is 187 g/mol. The third-order valence-corrected chi connectivity index (χ3v) is 3.10. The van der Waals surface area contributed by atoms with Crippen LogP contribution in [0.3, 0.4) is 0 Å². The Labute approximate surface area is 81.0 Å². The molecule has 0 saturated heterocycles. The zero-order valence-corrected chi connectivity index (χ0v) is 9.07. The van der Waals surface area contributed by atoms with E-state index in [0.29, 0.717) is 5.75 Å². The molecule has 13 heavy (non-hydrogen) atoms. The summed E-state index contributed by atoms with van der Waals surface area (Å²) in [4.78, 5) is 0. The molecular formula is C9H15FN2S. The Morgan fingerprint density at radius 3 is 2.23 bits per heavy atom. The van der Waals surface area contributed by atoms with Crippen molar-refractivity contribution in [1.29, 1.82) is 10.5 Å². The Bertz CT molecular complexity index is 233. The molecule has 0 aliphatic rings. The number of halogens is 1. The Morgan fingerprint density at radius 2 is 1.92 bits per heavy atom. The fourth-order valence-corrected chi connectivity index (χ4v) is 2.54. The minimum Gasteiger partial charge on any atom is -0.198 e. The van der Waals surface area contributed by atoms with Gasteiger partial charge in [0.05, 0.1) is 12.1 Å². The molecule has 0 rings (SSSR count). The van der Waals surface area contributed by atoms with Crippen molar-refractivity contribution in [2.24, 2.45) is 11.8 Å². The van der Waals surface area contributed by atoms with Gasteiger partial charge in [0.2, 0.25) is 0 Å². The van der Waals surface area contributed by atoms with Crippen LogP contribution in [0.5, 0.6) is 0 Å². The lowest BCUT2D eigenvalue weighted by Crippen LogP contribution is -2.16. The van der Waals surface area contributed by atoms with Gasteiger partial charge in [-0.15, -0.1) is 0 Å². The third kappa shape index (κ3) is 5.49. The normalized spacial score (nSPS) is 16.8. The van der Waals surface area contributed by atoms with E-state index in [0.717, 1.165) is 0 Å². The first-order valence-corrected chi connectivity index (χ1v) is 6.60. The molecule has 0 bridgehead atoms. The second-order valence-corrected chi connectivity index (χ2v) is 6.75. The maximum absolute atomic E-state index is 13.3. The number of hydrogen-bond acceptors (Lipinski definition) is 2. The monoisotopic (exact) mass is 202 g/mol. The first-order valence-electron chi connectivity index (χ1n) is 4.08. The molecule has 0 aliphatic heterocycles. The molecule has 0 amide bonds. The van der Waals surface area contributed by atoms with Crippen molar-refractivity contribution in [2.75, 3.05) is 18.3 Å². The van der Waals surface area contributed by atoms with E-state index in [1.54, 1.807) is 19.4 Å². The molecule has 0 radical (unpaired) electrons. The predicted molar refractivity (Wildman–Crippen MR) is 53.9 cm³/mol. The summed E-state index contributed by atoms with van der Waals surface area (Å²) in [5.41, 5.74) is 0. The molecule has 4 heteroatoms. The number of hydrogen-bond donors (Lipinski definition) is 0. The Balaban J connectivity index is 4.30. The van der Waals surface area contributed by atoms with Crippen LogP contribution in [0.25, 0.3) is 0 Å². The summed E-state index contributed by atoms with van der Waals surface area (Å²) in [6, 6.07) is 4.07. The quantitative estimate of drug-likeness (QED) is 0.703. The highest BCUT2D eigenvalue weighted by Crippen LogP contribution is 2.44. The zero-order chi connectivity index (χ0) is 10.5. The second kappa shape index (κ2) is 5.09. The SMILES string of the molecule is CC(C#N)C(CC#N)CS(C)(C)F. The molecule has 0 heterocycles. The van der Waals surface area contributed by atoms with E-state index in [1.165, 1.54) is 0 Å². The zero-order valence-electron chi connectivity index (χ0n) is 8.25. The van der Waals surface area contributed by atoms with Gasteiger partial charge < -0.3 is 0 Å². The number of nitrogens with zero attached hydrogens (tertiary/aromatic N) is 2. The molecule has 0 spiro atoms. The van der Waals surface area contributed by atoms with E-state index in [4.69, 9.17) is 10.5 Å². The first-order chi connectivity index (χ1) is 5.90. The van der Waals surface area contributed by atoms with Crippen molar-refractivity contribution < 1.29 is 3.89 Å². The van der Waals surface area contributed by atoms with E-state index in [2.05, 4.69) is 6.07 Å². The Morgan fingerprint density at radius 1 is 1.38 bits per heavy atom. The standard InChI is InChI=1S/C9H15FN2S/c1-8(6-12)9(4-5-11)7-13(2,3)10/h8-9H,4,7H2,1-3H3. The van der Waals surface area contributed by atoms with Crippen LogP contribution in [0.1, 0.15) is 13.3 Å². The Hall–Kier alpha value is -0.740. The van der Waals surface area contributed by atoms with Gasteiger partial charge in [-0.1, -0.05) is 10.4 Å². The molecule has 0 aliphatic carbocycles. The van der Waals surface area contributed by atoms with Crippen molar-refractivity contribution in [3.63, 3.8) is 0 Å². The topological polar surface area (TPSA) is 47.6 Å². The van der Waals surface area contributed by atoms with Gasteiger partial charge in [0, 0.05) is 18.1 Å². The van der Waals surface area contributed by atoms with Crippen molar-refractivity contribution in [3.05, 3.63) is 0 Å². The number of nitriles is 2. The highest BCUT2D eigenvalue weighted by atomic mass is 32.3. The van der Waals surface area contributed by atoms with Gasteiger partial charge in [0.25, 0.3) is 0 Å². The van der Waals surface area contributed by atoms with Gasteiger partial charge in [0.1, 0.15) is 0 Å². The van der Waals surface area contributed by atoms with Crippen LogP contribution in [0.2, 0.25) is 0 Å². The molecule has 0 aromatic rings. The van der Waals surface area contributed by atoms with E-state index < -0.39 is 10.4 Å². The largest absolute Gasteiger partial charge is 0.198 e. The van der Waals surface area contributed by atoms with Crippen molar-refractivity contribution >= 4 is 10.4 Å². The van der Waals surface area contributed by atoms with Crippen LogP contribution in [0.4, 0.5) is 3.89 Å². The summed E-state index contributed by atoms with van der Waals surface area (Å²) in [5.74, 6) is 0.00197. The molecule has 0 N–H and O–H groups in total. The van der Waals surface area contributed by atoms with E-state index in [9.17, 15) is 3.89 Å². The van der Waals surface area contributed by atoms with Crippen LogP contribution >= 0.6 is 10.4 Å². The summed E-state index contributed by atoms with van der Waals surface area (Å²) in [5, 5.41) is 17.2. The molecule has 0 aromatic carbocycles. The number of rotatable bonds is 4. The summed E-state index contributed by atoms with van der Waals surface area (Å²) in [7, 11) is -2.10. The molecule has 2 nitrogen and oxygen atoms in total. The van der Waals surface area contributed by atoms with Crippen LogP contribution in [-0.4, -0.2) is 18.3 Å². The van der Waals surface area contributed by atoms with Gasteiger partial charge in [-0.25, -0.2) is 0 Å². The van der Waals surface area contributed by atoms with Gasteiger partial charge >= 0.3 is 0 Å².